The molecular weight excluding hydrogens is 156 g/mol. The maximum absolute atomic E-state index is 11.3. The van der Waals surface area contributed by atoms with E-state index in [1.807, 2.05) is 0 Å². The quantitative estimate of drug-likeness (QED) is 0.315. The number of carbonyl (C=O) groups excluding carboxylic acids is 2. The molecule has 0 aromatic heterocycles. The maximum atomic E-state index is 11.3. The Morgan fingerprint density at radius 3 is 1.92 bits per heavy atom. The average Bonchev–Trinajstić information content (AvgIpc) is 2.33. The molecule has 2 fully saturated rings. The van der Waals surface area contributed by atoms with Crippen molar-refractivity contribution in [3.8, 4) is 0 Å². The Balaban J connectivity index is 2.25. The van der Waals surface area contributed by atoms with Crippen LogP contribution in [0.5, 0.6) is 0 Å². The molecule has 1 saturated carbocycles. The Hall–Kier alpha value is -0.900. The van der Waals surface area contributed by atoms with E-state index < -0.39 is 0 Å². The summed E-state index contributed by atoms with van der Waals surface area (Å²) in [4.78, 5) is 22.7. The number of hydrogen-bond acceptors (Lipinski definition) is 3. The van der Waals surface area contributed by atoms with E-state index in [0.717, 1.165) is 30.7 Å². The van der Waals surface area contributed by atoms with Gasteiger partial charge in [0.2, 0.25) is 11.8 Å². The predicted octanol–water partition coefficient (Wildman–Crippen LogP) is 0.0353. The zero-order valence-corrected chi connectivity index (χ0v) is 6.82. The lowest BCUT2D eigenvalue weighted by atomic mass is 9.81. The molecule has 66 valence electrons. The molecule has 0 spiro atoms. The highest BCUT2D eigenvalue weighted by atomic mass is 16.2. The summed E-state index contributed by atoms with van der Waals surface area (Å²) >= 11 is 0. The second kappa shape index (κ2) is 2.55. The monoisotopic (exact) mass is 168 g/mol. The van der Waals surface area contributed by atoms with E-state index in [4.69, 9.17) is 5.84 Å². The van der Waals surface area contributed by atoms with Gasteiger partial charge in [-0.15, -0.1) is 0 Å². The van der Waals surface area contributed by atoms with Crippen molar-refractivity contribution in [1.29, 1.82) is 0 Å². The van der Waals surface area contributed by atoms with Crippen LogP contribution in [0.4, 0.5) is 0 Å². The SMILES string of the molecule is NN1C(=O)C2CCCCC2C1=O. The second-order valence-electron chi connectivity index (χ2n) is 3.54. The third kappa shape index (κ3) is 0.876. The van der Waals surface area contributed by atoms with Crippen LogP contribution in [0.3, 0.4) is 0 Å². The fraction of sp³-hybridized carbons (Fsp3) is 0.750. The zero-order valence-electron chi connectivity index (χ0n) is 6.82. The van der Waals surface area contributed by atoms with Gasteiger partial charge in [-0.2, -0.15) is 0 Å². The number of imide groups is 1. The van der Waals surface area contributed by atoms with Gasteiger partial charge < -0.3 is 0 Å². The van der Waals surface area contributed by atoms with Crippen molar-refractivity contribution in [2.45, 2.75) is 25.7 Å². The van der Waals surface area contributed by atoms with Gasteiger partial charge in [0.1, 0.15) is 0 Å². The number of amides is 2. The fourth-order valence-electron chi connectivity index (χ4n) is 2.19. The highest BCUT2D eigenvalue weighted by molar-refractivity contribution is 6.04. The maximum Gasteiger partial charge on any atom is 0.247 e. The molecule has 1 aliphatic heterocycles. The summed E-state index contributed by atoms with van der Waals surface area (Å²) in [7, 11) is 0. The second-order valence-corrected chi connectivity index (χ2v) is 3.54. The van der Waals surface area contributed by atoms with Crippen LogP contribution in [0, 0.1) is 11.8 Å². The summed E-state index contributed by atoms with van der Waals surface area (Å²) in [5, 5.41) is 0.806. The number of rotatable bonds is 0. The van der Waals surface area contributed by atoms with Crippen molar-refractivity contribution >= 4 is 11.8 Å². The highest BCUT2D eigenvalue weighted by Crippen LogP contribution is 2.36. The Bertz CT molecular complexity index is 215. The number of hydrazine groups is 1. The summed E-state index contributed by atoms with van der Waals surface area (Å²) in [6.07, 6.45) is 3.77. The van der Waals surface area contributed by atoms with E-state index in [1.165, 1.54) is 0 Å². The van der Waals surface area contributed by atoms with E-state index in [9.17, 15) is 9.59 Å². The van der Waals surface area contributed by atoms with Gasteiger partial charge >= 0.3 is 0 Å². The van der Waals surface area contributed by atoms with Gasteiger partial charge in [-0.1, -0.05) is 12.8 Å². The lowest BCUT2D eigenvalue weighted by Crippen LogP contribution is -2.37. The Morgan fingerprint density at radius 2 is 1.50 bits per heavy atom. The normalized spacial score (nSPS) is 35.6. The molecule has 4 heteroatoms. The third-order valence-electron chi connectivity index (χ3n) is 2.88. The van der Waals surface area contributed by atoms with Crippen LogP contribution in [-0.4, -0.2) is 16.8 Å². The first-order valence-electron chi connectivity index (χ1n) is 4.34. The third-order valence-corrected chi connectivity index (χ3v) is 2.88. The first-order valence-corrected chi connectivity index (χ1v) is 4.34. The van der Waals surface area contributed by atoms with Crippen LogP contribution < -0.4 is 5.84 Å². The average molecular weight is 168 g/mol. The number of hydrogen-bond donors (Lipinski definition) is 1. The van der Waals surface area contributed by atoms with Crippen LogP contribution in [-0.2, 0) is 9.59 Å². The predicted molar refractivity (Wildman–Crippen MR) is 41.5 cm³/mol. The van der Waals surface area contributed by atoms with Gasteiger partial charge in [-0.25, -0.2) is 10.9 Å². The summed E-state index contributed by atoms with van der Waals surface area (Å²) in [6, 6.07) is 0. The van der Waals surface area contributed by atoms with E-state index in [0.29, 0.717) is 0 Å². The number of nitrogens with two attached hydrogens (primary N) is 1. The van der Waals surface area contributed by atoms with Gasteiger partial charge in [0.05, 0.1) is 11.8 Å². The van der Waals surface area contributed by atoms with E-state index >= 15 is 0 Å². The van der Waals surface area contributed by atoms with E-state index in [1.54, 1.807) is 0 Å². The minimum atomic E-state index is -0.176. The smallest absolute Gasteiger partial charge is 0.247 e. The molecule has 1 saturated heterocycles. The summed E-state index contributed by atoms with van der Waals surface area (Å²) in [5.41, 5.74) is 0. The Morgan fingerprint density at radius 1 is 1.08 bits per heavy atom. The molecule has 2 atom stereocenters. The molecule has 1 aliphatic carbocycles. The van der Waals surface area contributed by atoms with Crippen molar-refractivity contribution in [2.75, 3.05) is 0 Å². The lowest BCUT2D eigenvalue weighted by Gasteiger charge is -2.19. The standard InChI is InChI=1S/C8H12N2O2/c9-10-7(11)5-3-1-2-4-6(5)8(10)12/h5-6H,1-4,9H2. The molecule has 12 heavy (non-hydrogen) atoms. The first-order chi connectivity index (χ1) is 5.72. The highest BCUT2D eigenvalue weighted by Gasteiger charge is 2.46. The molecule has 2 amide bonds. The molecule has 0 bridgehead atoms. The van der Waals surface area contributed by atoms with Crippen molar-refractivity contribution in [3.63, 3.8) is 0 Å². The Kier molecular flexibility index (Phi) is 1.65. The number of fused-ring (bicyclic) bond motifs is 1. The van der Waals surface area contributed by atoms with E-state index in [2.05, 4.69) is 0 Å². The van der Waals surface area contributed by atoms with Gasteiger partial charge in [-0.05, 0) is 12.8 Å². The van der Waals surface area contributed by atoms with Crippen LogP contribution >= 0.6 is 0 Å². The van der Waals surface area contributed by atoms with E-state index in [-0.39, 0.29) is 23.7 Å². The lowest BCUT2D eigenvalue weighted by molar-refractivity contribution is -0.140. The molecule has 2 aliphatic rings. The van der Waals surface area contributed by atoms with Crippen LogP contribution in [0.1, 0.15) is 25.7 Å². The van der Waals surface area contributed by atoms with Crippen LogP contribution in [0.15, 0.2) is 0 Å². The van der Waals surface area contributed by atoms with Crippen molar-refractivity contribution in [2.24, 2.45) is 17.7 Å². The molecule has 2 rings (SSSR count). The summed E-state index contributed by atoms with van der Waals surface area (Å²) < 4.78 is 0. The minimum Gasteiger partial charge on any atom is -0.273 e. The largest absolute Gasteiger partial charge is 0.273 e. The summed E-state index contributed by atoms with van der Waals surface area (Å²) in [5.74, 6) is 4.76. The van der Waals surface area contributed by atoms with Crippen molar-refractivity contribution < 1.29 is 9.59 Å². The Labute approximate surface area is 70.7 Å². The number of nitrogens with zero attached hydrogens (tertiary/aromatic N) is 1. The van der Waals surface area contributed by atoms with Crippen LogP contribution in [0.2, 0.25) is 0 Å². The minimum absolute atomic E-state index is 0.101. The molecule has 1 heterocycles. The topological polar surface area (TPSA) is 63.4 Å². The van der Waals surface area contributed by atoms with Gasteiger partial charge in [-0.3, -0.25) is 9.59 Å². The molecule has 0 aromatic carbocycles. The van der Waals surface area contributed by atoms with Gasteiger partial charge in [0.25, 0.3) is 0 Å². The fourth-order valence-corrected chi connectivity index (χ4v) is 2.19. The molecule has 4 nitrogen and oxygen atoms in total. The molecule has 0 radical (unpaired) electrons. The molecular formula is C8H12N2O2. The molecule has 2 unspecified atom stereocenters. The van der Waals surface area contributed by atoms with Crippen molar-refractivity contribution in [3.05, 3.63) is 0 Å². The zero-order chi connectivity index (χ0) is 8.72. The summed E-state index contributed by atoms with van der Waals surface area (Å²) in [6.45, 7) is 0. The number of carbonyl (C=O) groups is 2. The van der Waals surface area contributed by atoms with Gasteiger partial charge in [0, 0.05) is 0 Å². The first kappa shape index (κ1) is 7.73. The molecule has 2 N–H and O–H groups in total. The van der Waals surface area contributed by atoms with Gasteiger partial charge in [0.15, 0.2) is 0 Å². The van der Waals surface area contributed by atoms with Crippen LogP contribution in [0.25, 0.3) is 0 Å². The molecule has 0 aromatic rings. The van der Waals surface area contributed by atoms with Crippen molar-refractivity contribution in [1.82, 2.24) is 5.01 Å².